The van der Waals surface area contributed by atoms with Crippen LogP contribution in [0.3, 0.4) is 0 Å². The molecule has 0 aliphatic carbocycles. The number of aliphatic hydroxyl groups excluding tert-OH is 1. The number of β-amino-alcohol motifs (C(OH)–C–C–N with tert-alkyl or cyclic N) is 1. The summed E-state index contributed by atoms with van der Waals surface area (Å²) in [6, 6.07) is 6.66. The minimum Gasteiger partial charge on any atom is -0.494 e. The lowest BCUT2D eigenvalue weighted by Gasteiger charge is -2.37. The van der Waals surface area contributed by atoms with Crippen LogP contribution in [0, 0.1) is 11.6 Å². The first-order valence-electron chi connectivity index (χ1n) is 16.8. The molecule has 2 fully saturated rings. The molecule has 2 atom stereocenters. The molecular weight excluding hydrogens is 700 g/mol. The average molecular weight is 742 g/mol. The number of ether oxygens (including phenoxy) is 2. The molecular formula is C35H41F2N7O7S. The Labute approximate surface area is 300 Å². The van der Waals surface area contributed by atoms with Crippen LogP contribution in [0.5, 0.6) is 5.75 Å². The summed E-state index contributed by atoms with van der Waals surface area (Å²) in [6.07, 6.45) is 3.36. The summed E-state index contributed by atoms with van der Waals surface area (Å²) >= 11 is 0. The van der Waals surface area contributed by atoms with E-state index in [4.69, 9.17) is 9.47 Å². The number of hydrogen-bond donors (Lipinski definition) is 2. The number of aliphatic hydroxyl groups is 1. The number of methoxy groups -OCH3 is 1. The first-order valence-corrected chi connectivity index (χ1v) is 18.3. The largest absolute Gasteiger partial charge is 0.494 e. The predicted molar refractivity (Wildman–Crippen MR) is 187 cm³/mol. The molecule has 0 radical (unpaired) electrons. The van der Waals surface area contributed by atoms with E-state index < -0.39 is 45.5 Å². The van der Waals surface area contributed by atoms with Crippen LogP contribution in [0.2, 0.25) is 0 Å². The molecule has 2 aliphatic rings. The highest BCUT2D eigenvalue weighted by atomic mass is 32.2. The van der Waals surface area contributed by atoms with E-state index in [1.807, 2.05) is 6.92 Å². The molecule has 4 aromatic rings. The third-order valence-electron chi connectivity index (χ3n) is 9.04. The number of imidazole rings is 1. The lowest BCUT2D eigenvalue weighted by Crippen LogP contribution is -2.55. The zero-order valence-corrected chi connectivity index (χ0v) is 30.3. The summed E-state index contributed by atoms with van der Waals surface area (Å²) in [5.74, 6) is -2.47. The molecule has 2 N–H and O–H groups in total. The van der Waals surface area contributed by atoms with Gasteiger partial charge in [-0.25, -0.2) is 27.6 Å². The van der Waals surface area contributed by atoms with Crippen molar-refractivity contribution >= 4 is 39.2 Å². The molecule has 17 heteroatoms. The van der Waals surface area contributed by atoms with Gasteiger partial charge < -0.3 is 24.8 Å². The molecule has 0 unspecified atom stereocenters. The zero-order valence-electron chi connectivity index (χ0n) is 29.5. The van der Waals surface area contributed by atoms with Crippen molar-refractivity contribution in [2.24, 2.45) is 0 Å². The number of fused-ring (bicyclic) bond motifs is 1. The number of nitrogens with one attached hydrogen (secondary N) is 1. The van der Waals surface area contributed by atoms with Crippen LogP contribution in [0.15, 0.2) is 53.8 Å². The molecule has 2 saturated heterocycles. The maximum Gasteiger partial charge on any atom is 0.411 e. The van der Waals surface area contributed by atoms with Crippen LogP contribution in [0.4, 0.5) is 25.1 Å². The Morgan fingerprint density at radius 2 is 1.79 bits per heavy atom. The number of piperazine rings is 1. The Morgan fingerprint density at radius 3 is 2.46 bits per heavy atom. The topological polar surface area (TPSA) is 159 Å². The van der Waals surface area contributed by atoms with Crippen molar-refractivity contribution < 1.29 is 41.4 Å². The maximum atomic E-state index is 14.9. The van der Waals surface area contributed by atoms with Crippen LogP contribution in [-0.2, 0) is 26.0 Å². The number of likely N-dealkylation sites (tertiary alicyclic amines) is 1. The number of aromatic nitrogens is 3. The Hall–Kier alpha value is -4.87. The predicted octanol–water partition coefficient (Wildman–Crippen LogP) is 4.19. The van der Waals surface area contributed by atoms with Gasteiger partial charge >= 0.3 is 6.09 Å². The van der Waals surface area contributed by atoms with Gasteiger partial charge in [-0.05, 0) is 63.1 Å². The molecule has 2 aromatic heterocycles. The van der Waals surface area contributed by atoms with E-state index in [1.54, 1.807) is 43.5 Å². The van der Waals surface area contributed by atoms with Crippen molar-refractivity contribution in [2.75, 3.05) is 45.2 Å². The number of sulfonamides is 1. The lowest BCUT2D eigenvalue weighted by molar-refractivity contribution is -0.137. The van der Waals surface area contributed by atoms with Crippen molar-refractivity contribution in [2.45, 2.75) is 63.2 Å². The fraction of sp³-hybridized carbons (Fsp3) is 0.429. The average Bonchev–Trinajstić information content (AvgIpc) is 3.73. The van der Waals surface area contributed by atoms with E-state index in [2.05, 4.69) is 15.3 Å². The van der Waals surface area contributed by atoms with Crippen molar-refractivity contribution in [1.29, 1.82) is 0 Å². The highest BCUT2D eigenvalue weighted by molar-refractivity contribution is 7.89. The number of amides is 2. The normalized spacial score (nSPS) is 18.5. The van der Waals surface area contributed by atoms with Gasteiger partial charge in [0.15, 0.2) is 23.0 Å². The van der Waals surface area contributed by atoms with Crippen LogP contribution in [-0.4, -0.2) is 112 Å². The number of nitrogens with zero attached hydrogens (tertiary/aromatic N) is 6. The van der Waals surface area contributed by atoms with Crippen molar-refractivity contribution in [3.8, 4) is 17.0 Å². The lowest BCUT2D eigenvalue weighted by atomic mass is 10.1. The smallest absolute Gasteiger partial charge is 0.411 e. The summed E-state index contributed by atoms with van der Waals surface area (Å²) in [4.78, 5) is 37.9. The van der Waals surface area contributed by atoms with Gasteiger partial charge in [-0.2, -0.15) is 8.70 Å². The molecule has 4 heterocycles. The van der Waals surface area contributed by atoms with E-state index in [-0.39, 0.29) is 67.0 Å². The molecule has 0 spiro atoms. The van der Waals surface area contributed by atoms with Crippen molar-refractivity contribution in [3.63, 3.8) is 0 Å². The van der Waals surface area contributed by atoms with Gasteiger partial charge in [-0.1, -0.05) is 6.92 Å². The zero-order chi connectivity index (χ0) is 37.5. The van der Waals surface area contributed by atoms with Gasteiger partial charge in [-0.15, -0.1) is 0 Å². The van der Waals surface area contributed by atoms with Crippen molar-refractivity contribution in [3.05, 3.63) is 66.1 Å². The summed E-state index contributed by atoms with van der Waals surface area (Å²) in [6.45, 7) is 7.29. The molecule has 2 aliphatic heterocycles. The molecule has 6 rings (SSSR count). The van der Waals surface area contributed by atoms with Crippen LogP contribution in [0.25, 0.3) is 16.9 Å². The molecule has 0 bridgehead atoms. The van der Waals surface area contributed by atoms with Gasteiger partial charge in [0.2, 0.25) is 21.7 Å². The maximum absolute atomic E-state index is 14.9. The number of anilines is 2. The highest BCUT2D eigenvalue weighted by Crippen LogP contribution is 2.33. The van der Waals surface area contributed by atoms with Crippen LogP contribution >= 0.6 is 0 Å². The SMILES string of the molecule is CCc1cc(Nc2nccn3c(-c4ccc(OC)c(F)c4F)cnc23)ccc1S(=O)(=O)N1CCN(C(=O)[C@@H]2C[C@@H](O)CN2C(=O)OC(C)(C)C)CC1. The Balaban J connectivity index is 1.16. The summed E-state index contributed by atoms with van der Waals surface area (Å²) in [7, 11) is -2.70. The summed E-state index contributed by atoms with van der Waals surface area (Å²) in [5, 5.41) is 13.4. The minimum absolute atomic E-state index is 0.0175. The second-order valence-corrected chi connectivity index (χ2v) is 15.5. The number of aryl methyl sites for hydroxylation is 1. The molecule has 52 heavy (non-hydrogen) atoms. The third-order valence-corrected chi connectivity index (χ3v) is 11.0. The second kappa shape index (κ2) is 14.3. The molecule has 2 aromatic carbocycles. The third kappa shape index (κ3) is 7.12. The molecule has 278 valence electrons. The minimum atomic E-state index is -3.95. The second-order valence-electron chi connectivity index (χ2n) is 13.6. The Bertz CT molecular complexity index is 2110. The van der Waals surface area contributed by atoms with Gasteiger partial charge in [0, 0.05) is 56.2 Å². The standard InChI is InChI=1S/C35H41F2N7O7S/c1-6-21-17-22(40-31-32-39-19-26(43(32)12-11-38-31)24-8-9-27(50-5)30(37)29(24)36)7-10-28(21)52(48,49)42-15-13-41(14-16-42)33(46)25-18-23(45)20-44(25)34(47)51-35(2,3)4/h7-12,17,19,23,25,45H,6,13-16,18,20H2,1-5H3,(H,38,40)/t23-,25+/m1/s1. The summed E-state index contributed by atoms with van der Waals surface area (Å²) in [5.41, 5.74) is 0.905. The van der Waals surface area contributed by atoms with Gasteiger partial charge in [-0.3, -0.25) is 14.1 Å². The van der Waals surface area contributed by atoms with Crippen molar-refractivity contribution in [1.82, 2.24) is 28.5 Å². The number of halogens is 2. The van der Waals surface area contributed by atoms with E-state index in [9.17, 15) is 31.9 Å². The molecule has 0 saturated carbocycles. The number of rotatable bonds is 8. The van der Waals surface area contributed by atoms with Gasteiger partial charge in [0.1, 0.15) is 11.6 Å². The van der Waals surface area contributed by atoms with E-state index in [0.29, 0.717) is 29.1 Å². The fourth-order valence-corrected chi connectivity index (χ4v) is 8.18. The van der Waals surface area contributed by atoms with E-state index in [1.165, 1.54) is 51.8 Å². The first-order chi connectivity index (χ1) is 24.6. The number of carbonyl (C=O) groups is 2. The number of hydrogen-bond acceptors (Lipinski definition) is 10. The Kier molecular flexibility index (Phi) is 10.1. The first kappa shape index (κ1) is 36.9. The fourth-order valence-electron chi connectivity index (χ4n) is 6.48. The highest BCUT2D eigenvalue weighted by Gasteiger charge is 2.43. The van der Waals surface area contributed by atoms with Gasteiger partial charge in [0.25, 0.3) is 0 Å². The number of benzene rings is 2. The van der Waals surface area contributed by atoms with Gasteiger partial charge in [0.05, 0.1) is 36.5 Å². The summed E-state index contributed by atoms with van der Waals surface area (Å²) < 4.78 is 70.4. The van der Waals surface area contributed by atoms with Crippen LogP contribution in [0.1, 0.15) is 39.7 Å². The van der Waals surface area contributed by atoms with Crippen LogP contribution < -0.4 is 10.1 Å². The molecule has 2 amide bonds. The van der Waals surface area contributed by atoms with E-state index in [0.717, 1.165) is 0 Å². The van der Waals surface area contributed by atoms with E-state index >= 15 is 0 Å². The molecule has 14 nitrogen and oxygen atoms in total. The number of carbonyl (C=O) groups excluding carboxylic acids is 2. The quantitative estimate of drug-likeness (QED) is 0.268. The monoisotopic (exact) mass is 741 g/mol. The Morgan fingerprint density at radius 1 is 1.06 bits per heavy atom.